The summed E-state index contributed by atoms with van der Waals surface area (Å²) in [7, 11) is 0. The highest BCUT2D eigenvalue weighted by atomic mass is 16.5. The highest BCUT2D eigenvalue weighted by Gasteiger charge is 2.04. The molecule has 3 heteroatoms. The van der Waals surface area contributed by atoms with E-state index in [0.717, 1.165) is 23.7 Å². The van der Waals surface area contributed by atoms with E-state index < -0.39 is 0 Å². The van der Waals surface area contributed by atoms with E-state index in [1.165, 1.54) is 5.56 Å². The summed E-state index contributed by atoms with van der Waals surface area (Å²) in [5, 5.41) is 3.17. The maximum absolute atomic E-state index is 5.83. The summed E-state index contributed by atoms with van der Waals surface area (Å²) < 4.78 is 5.83. The van der Waals surface area contributed by atoms with Crippen LogP contribution in [-0.4, -0.2) is 11.5 Å². The van der Waals surface area contributed by atoms with Crippen molar-refractivity contribution in [3.8, 4) is 11.6 Å². The molecule has 0 unspecified atom stereocenters. The van der Waals surface area contributed by atoms with Crippen molar-refractivity contribution in [1.82, 2.24) is 4.98 Å². The Balaban J connectivity index is 2.23. The lowest BCUT2D eigenvalue weighted by Crippen LogP contribution is -2.00. The Bertz CT molecular complexity index is 538. The highest BCUT2D eigenvalue weighted by Crippen LogP contribution is 2.26. The molecule has 0 saturated carbocycles. The average Bonchev–Trinajstić information content (AvgIpc) is 2.36. The van der Waals surface area contributed by atoms with Gasteiger partial charge in [-0.3, -0.25) is 0 Å². The molecule has 94 valence electrons. The van der Waals surface area contributed by atoms with Crippen LogP contribution in [0.25, 0.3) is 0 Å². The molecule has 0 aliphatic carbocycles. The molecule has 1 aromatic carbocycles. The topological polar surface area (TPSA) is 34.1 Å². The second kappa shape index (κ2) is 5.54. The highest BCUT2D eigenvalue weighted by molar-refractivity contribution is 5.42. The second-order valence-corrected chi connectivity index (χ2v) is 4.19. The molecule has 3 nitrogen and oxygen atoms in total. The minimum absolute atomic E-state index is 0.613. The fourth-order valence-electron chi connectivity index (χ4n) is 1.70. The Morgan fingerprint density at radius 2 is 1.89 bits per heavy atom. The summed E-state index contributed by atoms with van der Waals surface area (Å²) in [6, 6.07) is 11.8. The molecule has 1 heterocycles. The third-order valence-corrected chi connectivity index (χ3v) is 2.85. The normalized spacial score (nSPS) is 10.2. The van der Waals surface area contributed by atoms with Gasteiger partial charge in [0.05, 0.1) is 0 Å². The van der Waals surface area contributed by atoms with Crippen molar-refractivity contribution in [2.24, 2.45) is 0 Å². The van der Waals surface area contributed by atoms with Crippen molar-refractivity contribution in [3.63, 3.8) is 0 Å². The Hall–Kier alpha value is -2.03. The minimum Gasteiger partial charge on any atom is -0.439 e. The van der Waals surface area contributed by atoms with Crippen molar-refractivity contribution in [2.45, 2.75) is 20.8 Å². The molecule has 0 bridgehead atoms. The lowest BCUT2D eigenvalue weighted by atomic mass is 10.1. The maximum Gasteiger partial charge on any atom is 0.221 e. The van der Waals surface area contributed by atoms with Crippen LogP contribution in [0, 0.1) is 13.8 Å². The molecule has 2 aromatic rings. The molecular formula is C15H18N2O. The van der Waals surface area contributed by atoms with Crippen LogP contribution >= 0.6 is 0 Å². The SMILES string of the molecule is CCNc1cccc(Oc2cccc(C)c2C)n1. The van der Waals surface area contributed by atoms with Gasteiger partial charge in [0.2, 0.25) is 5.88 Å². The molecule has 1 aromatic heterocycles. The first kappa shape index (κ1) is 12.4. The van der Waals surface area contributed by atoms with Crippen molar-refractivity contribution in [1.29, 1.82) is 0 Å². The lowest BCUT2D eigenvalue weighted by molar-refractivity contribution is 0.459. The molecule has 1 N–H and O–H groups in total. The number of aromatic nitrogens is 1. The summed E-state index contributed by atoms with van der Waals surface area (Å²) in [6.07, 6.45) is 0. The summed E-state index contributed by atoms with van der Waals surface area (Å²) in [6.45, 7) is 7.02. The summed E-state index contributed by atoms with van der Waals surface area (Å²) >= 11 is 0. The van der Waals surface area contributed by atoms with Crippen molar-refractivity contribution >= 4 is 5.82 Å². The van der Waals surface area contributed by atoms with Crippen LogP contribution in [0.5, 0.6) is 11.6 Å². The Labute approximate surface area is 108 Å². The number of nitrogens with one attached hydrogen (secondary N) is 1. The number of benzene rings is 1. The molecule has 0 atom stereocenters. The van der Waals surface area contributed by atoms with Crippen LogP contribution < -0.4 is 10.1 Å². The minimum atomic E-state index is 0.613. The Morgan fingerprint density at radius 1 is 1.11 bits per heavy atom. The molecule has 0 aliphatic rings. The number of aryl methyl sites for hydroxylation is 1. The van der Waals surface area contributed by atoms with E-state index in [4.69, 9.17) is 4.74 Å². The van der Waals surface area contributed by atoms with E-state index in [0.29, 0.717) is 5.88 Å². The molecule has 0 aliphatic heterocycles. The monoisotopic (exact) mass is 242 g/mol. The van der Waals surface area contributed by atoms with Gasteiger partial charge >= 0.3 is 0 Å². The molecule has 0 radical (unpaired) electrons. The first-order valence-electron chi connectivity index (χ1n) is 6.15. The average molecular weight is 242 g/mol. The molecule has 0 spiro atoms. The van der Waals surface area contributed by atoms with Gasteiger partial charge in [0.1, 0.15) is 11.6 Å². The smallest absolute Gasteiger partial charge is 0.221 e. The van der Waals surface area contributed by atoms with Crippen LogP contribution in [0.3, 0.4) is 0 Å². The zero-order valence-electron chi connectivity index (χ0n) is 11.0. The summed E-state index contributed by atoms with van der Waals surface area (Å²) in [4.78, 5) is 4.40. The van der Waals surface area contributed by atoms with E-state index >= 15 is 0 Å². The van der Waals surface area contributed by atoms with Gasteiger partial charge in [-0.2, -0.15) is 4.98 Å². The van der Waals surface area contributed by atoms with Gasteiger partial charge in [-0.05, 0) is 44.0 Å². The second-order valence-electron chi connectivity index (χ2n) is 4.19. The summed E-state index contributed by atoms with van der Waals surface area (Å²) in [5.41, 5.74) is 2.36. The first-order chi connectivity index (χ1) is 8.70. The molecule has 2 rings (SSSR count). The van der Waals surface area contributed by atoms with Crippen LogP contribution in [0.15, 0.2) is 36.4 Å². The van der Waals surface area contributed by atoms with Crippen LogP contribution in [0.4, 0.5) is 5.82 Å². The summed E-state index contributed by atoms with van der Waals surface area (Å²) in [5.74, 6) is 2.30. The van der Waals surface area contributed by atoms with E-state index in [1.807, 2.05) is 37.3 Å². The van der Waals surface area contributed by atoms with E-state index in [9.17, 15) is 0 Å². The van der Waals surface area contributed by atoms with Crippen LogP contribution in [0.1, 0.15) is 18.1 Å². The lowest BCUT2D eigenvalue weighted by Gasteiger charge is -2.10. The zero-order valence-corrected chi connectivity index (χ0v) is 11.0. The standard InChI is InChI=1S/C15H18N2O/c1-4-16-14-9-6-10-15(17-14)18-13-8-5-7-11(2)12(13)3/h5-10H,4H2,1-3H3,(H,16,17). The quantitative estimate of drug-likeness (QED) is 0.882. The molecule has 18 heavy (non-hydrogen) atoms. The van der Waals surface area contributed by atoms with Crippen LogP contribution in [0.2, 0.25) is 0 Å². The van der Waals surface area contributed by atoms with Gasteiger partial charge in [-0.15, -0.1) is 0 Å². The van der Waals surface area contributed by atoms with Gasteiger partial charge in [-0.25, -0.2) is 0 Å². The van der Waals surface area contributed by atoms with Crippen molar-refractivity contribution in [2.75, 3.05) is 11.9 Å². The van der Waals surface area contributed by atoms with Gasteiger partial charge in [0, 0.05) is 12.6 Å². The predicted molar refractivity (Wildman–Crippen MR) is 74.4 cm³/mol. The number of ether oxygens (including phenoxy) is 1. The molecule has 0 saturated heterocycles. The van der Waals surface area contributed by atoms with Crippen molar-refractivity contribution < 1.29 is 4.74 Å². The third kappa shape index (κ3) is 2.80. The molecule has 0 amide bonds. The number of rotatable bonds is 4. The number of hydrogen-bond acceptors (Lipinski definition) is 3. The van der Waals surface area contributed by atoms with E-state index in [-0.39, 0.29) is 0 Å². The van der Waals surface area contributed by atoms with Crippen molar-refractivity contribution in [3.05, 3.63) is 47.5 Å². The van der Waals surface area contributed by atoms with E-state index in [1.54, 1.807) is 0 Å². The molecular weight excluding hydrogens is 224 g/mol. The first-order valence-corrected chi connectivity index (χ1v) is 6.15. The van der Waals surface area contributed by atoms with Gasteiger partial charge in [-0.1, -0.05) is 18.2 Å². The maximum atomic E-state index is 5.83. The molecule has 0 fully saturated rings. The predicted octanol–water partition coefficient (Wildman–Crippen LogP) is 3.92. The largest absolute Gasteiger partial charge is 0.439 e. The Kier molecular flexibility index (Phi) is 3.82. The van der Waals surface area contributed by atoms with Gasteiger partial charge < -0.3 is 10.1 Å². The van der Waals surface area contributed by atoms with Crippen LogP contribution in [-0.2, 0) is 0 Å². The number of hydrogen-bond donors (Lipinski definition) is 1. The third-order valence-electron chi connectivity index (χ3n) is 2.85. The van der Waals surface area contributed by atoms with Gasteiger partial charge in [0.25, 0.3) is 0 Å². The number of pyridine rings is 1. The number of anilines is 1. The fourth-order valence-corrected chi connectivity index (χ4v) is 1.70. The Morgan fingerprint density at radius 3 is 2.67 bits per heavy atom. The fraction of sp³-hybridized carbons (Fsp3) is 0.267. The van der Waals surface area contributed by atoms with Gasteiger partial charge in [0.15, 0.2) is 0 Å². The number of nitrogens with zero attached hydrogens (tertiary/aromatic N) is 1. The zero-order chi connectivity index (χ0) is 13.0. The van der Waals surface area contributed by atoms with E-state index in [2.05, 4.69) is 30.2 Å².